The van der Waals surface area contributed by atoms with Crippen LogP contribution in [-0.4, -0.2) is 67.7 Å². The van der Waals surface area contributed by atoms with E-state index in [-0.39, 0.29) is 36.4 Å². The van der Waals surface area contributed by atoms with E-state index in [1.54, 1.807) is 25.9 Å². The average Bonchev–Trinajstić information content (AvgIpc) is 2.75. The van der Waals surface area contributed by atoms with Crippen LogP contribution in [0, 0.1) is 18.6 Å². The summed E-state index contributed by atoms with van der Waals surface area (Å²) >= 11 is 0. The van der Waals surface area contributed by atoms with Crippen molar-refractivity contribution >= 4 is 11.9 Å². The Morgan fingerprint density at radius 2 is 1.94 bits per heavy atom. The van der Waals surface area contributed by atoms with Gasteiger partial charge in [-0.2, -0.15) is 0 Å². The van der Waals surface area contributed by atoms with Gasteiger partial charge in [-0.3, -0.25) is 14.6 Å². The monoisotopic (exact) mass is 449 g/mol. The Kier molecular flexibility index (Phi) is 7.92. The molecule has 2 aromatic rings. The number of nitrogens with one attached hydrogen (secondary N) is 2. The first-order chi connectivity index (χ1) is 15.3. The lowest BCUT2D eigenvalue weighted by atomic mass is 10.0. The van der Waals surface area contributed by atoms with Crippen LogP contribution in [0.25, 0.3) is 0 Å². The maximum Gasteiger partial charge on any atom is 0.255 e. The van der Waals surface area contributed by atoms with Gasteiger partial charge in [0.25, 0.3) is 5.56 Å². The van der Waals surface area contributed by atoms with E-state index < -0.39 is 17.7 Å². The van der Waals surface area contributed by atoms with Crippen molar-refractivity contribution in [1.29, 1.82) is 0 Å². The molecular weight excluding hydrogens is 420 g/mol. The van der Waals surface area contributed by atoms with Crippen LogP contribution in [0.4, 0.5) is 14.7 Å². The molecule has 32 heavy (non-hydrogen) atoms. The molecule has 1 fully saturated rings. The van der Waals surface area contributed by atoms with Gasteiger partial charge in [0.1, 0.15) is 11.6 Å². The molecule has 2 heterocycles. The summed E-state index contributed by atoms with van der Waals surface area (Å²) in [5, 5.41) is 2.72. The SMILES string of the molecule is Cc1nc(N2CCOCC2)[nH]c(=O)c1CCC(=O)NCC(c1c(F)cccc1F)N(C)C. The molecule has 1 unspecified atom stereocenters. The quantitative estimate of drug-likeness (QED) is 0.636. The van der Waals surface area contributed by atoms with Crippen LogP contribution in [-0.2, 0) is 16.0 Å². The highest BCUT2D eigenvalue weighted by Crippen LogP contribution is 2.24. The van der Waals surface area contributed by atoms with Crippen molar-refractivity contribution in [3.8, 4) is 0 Å². The summed E-state index contributed by atoms with van der Waals surface area (Å²) in [7, 11) is 3.38. The van der Waals surface area contributed by atoms with Gasteiger partial charge in [0.2, 0.25) is 11.9 Å². The molecule has 0 aliphatic carbocycles. The first-order valence-corrected chi connectivity index (χ1v) is 10.6. The second kappa shape index (κ2) is 10.6. The fourth-order valence-corrected chi connectivity index (χ4v) is 3.72. The molecule has 1 amide bonds. The Morgan fingerprint density at radius 3 is 2.53 bits per heavy atom. The topological polar surface area (TPSA) is 90.6 Å². The number of rotatable bonds is 8. The molecular formula is C22H29F2N5O3. The number of ether oxygens (including phenoxy) is 1. The first kappa shape index (κ1) is 23.8. The molecule has 3 rings (SSSR count). The van der Waals surface area contributed by atoms with Gasteiger partial charge in [-0.05, 0) is 39.6 Å². The van der Waals surface area contributed by atoms with Crippen molar-refractivity contribution in [2.75, 3.05) is 51.8 Å². The lowest BCUT2D eigenvalue weighted by molar-refractivity contribution is -0.121. The predicted octanol–water partition coefficient (Wildman–Crippen LogP) is 1.54. The van der Waals surface area contributed by atoms with Crippen LogP contribution in [0.1, 0.15) is 29.3 Å². The number of anilines is 1. The van der Waals surface area contributed by atoms with Crippen LogP contribution < -0.4 is 15.8 Å². The number of benzene rings is 1. The summed E-state index contributed by atoms with van der Waals surface area (Å²) in [4.78, 5) is 35.8. The zero-order chi connectivity index (χ0) is 23.3. The number of likely N-dealkylation sites (N-methyl/N-ethyl adjacent to an activating group) is 1. The molecule has 1 saturated heterocycles. The van der Waals surface area contributed by atoms with Crippen molar-refractivity contribution < 1.29 is 18.3 Å². The standard InChI is InChI=1S/C22H29F2N5O3/c1-14-15(21(31)27-22(26-14)29-9-11-32-12-10-29)7-8-19(30)25-13-18(28(2)3)20-16(23)5-4-6-17(20)24/h4-6,18H,7-13H2,1-3H3,(H,25,30)(H,26,27,31). The molecule has 2 N–H and O–H groups in total. The molecule has 1 aliphatic rings. The van der Waals surface area contributed by atoms with Gasteiger partial charge in [0, 0.05) is 42.9 Å². The van der Waals surface area contributed by atoms with Gasteiger partial charge in [0.05, 0.1) is 19.3 Å². The number of amides is 1. The smallest absolute Gasteiger partial charge is 0.255 e. The summed E-state index contributed by atoms with van der Waals surface area (Å²) in [6.07, 6.45) is 0.270. The van der Waals surface area contributed by atoms with Crippen molar-refractivity contribution in [3.63, 3.8) is 0 Å². The van der Waals surface area contributed by atoms with Crippen LogP contribution in [0.2, 0.25) is 0 Å². The van der Waals surface area contributed by atoms with E-state index in [1.807, 2.05) is 4.90 Å². The first-order valence-electron chi connectivity index (χ1n) is 10.6. The molecule has 1 aromatic carbocycles. The second-order valence-corrected chi connectivity index (χ2v) is 7.97. The van der Waals surface area contributed by atoms with Gasteiger partial charge >= 0.3 is 0 Å². The molecule has 0 bridgehead atoms. The van der Waals surface area contributed by atoms with Crippen molar-refractivity contribution in [2.24, 2.45) is 0 Å². The second-order valence-electron chi connectivity index (χ2n) is 7.97. The van der Waals surface area contributed by atoms with Gasteiger partial charge in [-0.15, -0.1) is 0 Å². The number of aromatic nitrogens is 2. The van der Waals surface area contributed by atoms with E-state index in [2.05, 4.69) is 15.3 Å². The number of H-pyrrole nitrogens is 1. The minimum Gasteiger partial charge on any atom is -0.378 e. The minimum atomic E-state index is -0.667. The minimum absolute atomic E-state index is 0.0350. The fourth-order valence-electron chi connectivity index (χ4n) is 3.72. The number of carbonyl (C=O) groups is 1. The van der Waals surface area contributed by atoms with Crippen molar-refractivity contribution in [2.45, 2.75) is 25.8 Å². The van der Waals surface area contributed by atoms with E-state index in [0.29, 0.717) is 43.5 Å². The van der Waals surface area contributed by atoms with Crippen molar-refractivity contribution in [1.82, 2.24) is 20.2 Å². The molecule has 1 atom stereocenters. The molecule has 1 aromatic heterocycles. The average molecular weight is 450 g/mol. The van der Waals surface area contributed by atoms with Gasteiger partial charge in [0.15, 0.2) is 0 Å². The van der Waals surface area contributed by atoms with Crippen LogP contribution in [0.15, 0.2) is 23.0 Å². The zero-order valence-electron chi connectivity index (χ0n) is 18.6. The lowest BCUT2D eigenvalue weighted by Gasteiger charge is -2.27. The van der Waals surface area contributed by atoms with Crippen LogP contribution in [0.3, 0.4) is 0 Å². The number of nitrogens with zero attached hydrogens (tertiary/aromatic N) is 3. The highest BCUT2D eigenvalue weighted by Gasteiger charge is 2.23. The third kappa shape index (κ3) is 5.68. The van der Waals surface area contributed by atoms with Gasteiger partial charge < -0.3 is 19.9 Å². The van der Waals surface area contributed by atoms with E-state index in [1.165, 1.54) is 18.2 Å². The molecule has 8 nitrogen and oxygen atoms in total. The largest absolute Gasteiger partial charge is 0.378 e. The number of morpholine rings is 1. The molecule has 174 valence electrons. The molecule has 10 heteroatoms. The predicted molar refractivity (Wildman–Crippen MR) is 117 cm³/mol. The van der Waals surface area contributed by atoms with Crippen molar-refractivity contribution in [3.05, 3.63) is 57.0 Å². The Bertz CT molecular complexity index is 985. The number of hydrogen-bond donors (Lipinski definition) is 2. The summed E-state index contributed by atoms with van der Waals surface area (Å²) in [6.45, 7) is 4.24. The van der Waals surface area contributed by atoms with Crippen LogP contribution >= 0.6 is 0 Å². The highest BCUT2D eigenvalue weighted by molar-refractivity contribution is 5.76. The fraction of sp³-hybridized carbons (Fsp3) is 0.500. The summed E-state index contributed by atoms with van der Waals surface area (Å²) < 4.78 is 33.7. The Balaban J connectivity index is 1.61. The Morgan fingerprint density at radius 1 is 1.28 bits per heavy atom. The van der Waals surface area contributed by atoms with Gasteiger partial charge in [-0.1, -0.05) is 6.07 Å². The normalized spacial score (nSPS) is 15.1. The molecule has 0 radical (unpaired) electrons. The van der Waals surface area contributed by atoms with E-state index >= 15 is 0 Å². The molecule has 1 aliphatic heterocycles. The van der Waals surface area contributed by atoms with E-state index in [4.69, 9.17) is 4.74 Å². The number of aryl methyl sites for hydroxylation is 1. The summed E-state index contributed by atoms with van der Waals surface area (Å²) in [5.41, 5.74) is 0.656. The number of aromatic amines is 1. The zero-order valence-corrected chi connectivity index (χ0v) is 18.6. The van der Waals surface area contributed by atoms with Crippen LogP contribution in [0.5, 0.6) is 0 Å². The summed E-state index contributed by atoms with van der Waals surface area (Å²) in [6, 6.07) is 3.02. The van der Waals surface area contributed by atoms with E-state index in [9.17, 15) is 18.4 Å². The maximum absolute atomic E-state index is 14.2. The highest BCUT2D eigenvalue weighted by atomic mass is 19.1. The number of halogens is 2. The Hall–Kier alpha value is -2.85. The summed E-state index contributed by atoms with van der Waals surface area (Å²) in [5.74, 6) is -1.13. The van der Waals surface area contributed by atoms with Gasteiger partial charge in [-0.25, -0.2) is 13.8 Å². The number of carbonyl (C=O) groups excluding carboxylic acids is 1. The third-order valence-corrected chi connectivity index (χ3v) is 5.57. The Labute approximate surface area is 185 Å². The molecule has 0 spiro atoms. The lowest BCUT2D eigenvalue weighted by Crippen LogP contribution is -2.39. The number of hydrogen-bond acceptors (Lipinski definition) is 6. The van der Waals surface area contributed by atoms with E-state index in [0.717, 1.165) is 0 Å². The molecule has 0 saturated carbocycles. The maximum atomic E-state index is 14.2. The third-order valence-electron chi connectivity index (χ3n) is 5.57.